The standard InChI is InChI=1S/C15H23N3O3.HI/c1-11(2)9-17-15(16)18-10-12-4-5-13(21-7-6-19)14(8-12)20-3;/h4-5,8,19H,1,6-7,9-10H2,2-3H3,(H3,16,17,18);1H. The van der Waals surface area contributed by atoms with Gasteiger partial charge in [0, 0.05) is 6.54 Å². The number of nitrogens with one attached hydrogen (secondary N) is 1. The van der Waals surface area contributed by atoms with Crippen molar-refractivity contribution in [3.8, 4) is 11.5 Å². The minimum absolute atomic E-state index is 0. The molecular formula is C15H24IN3O3. The molecule has 1 rings (SSSR count). The zero-order chi connectivity index (χ0) is 15.7. The maximum atomic E-state index is 8.77. The van der Waals surface area contributed by atoms with Crippen molar-refractivity contribution in [1.29, 1.82) is 0 Å². The van der Waals surface area contributed by atoms with Crippen LogP contribution in [0.1, 0.15) is 12.5 Å². The molecule has 0 aliphatic carbocycles. The van der Waals surface area contributed by atoms with Crippen LogP contribution in [0.4, 0.5) is 0 Å². The Balaban J connectivity index is 0.00000441. The average Bonchev–Trinajstić information content (AvgIpc) is 2.49. The number of rotatable bonds is 8. The minimum Gasteiger partial charge on any atom is -0.493 e. The van der Waals surface area contributed by atoms with Crippen molar-refractivity contribution < 1.29 is 14.6 Å². The molecule has 0 amide bonds. The summed E-state index contributed by atoms with van der Waals surface area (Å²) in [6, 6.07) is 5.50. The van der Waals surface area contributed by atoms with Crippen LogP contribution in [0.25, 0.3) is 0 Å². The number of aliphatic hydroxyl groups excluding tert-OH is 1. The fraction of sp³-hybridized carbons (Fsp3) is 0.400. The van der Waals surface area contributed by atoms with E-state index in [9.17, 15) is 0 Å². The fourth-order valence-corrected chi connectivity index (χ4v) is 1.56. The highest BCUT2D eigenvalue weighted by atomic mass is 127. The number of hydrogen-bond donors (Lipinski definition) is 3. The summed E-state index contributed by atoms with van der Waals surface area (Å²) in [5.41, 5.74) is 7.68. The topological polar surface area (TPSA) is 89.1 Å². The van der Waals surface area contributed by atoms with E-state index >= 15 is 0 Å². The van der Waals surface area contributed by atoms with Gasteiger partial charge in [-0.15, -0.1) is 24.0 Å². The van der Waals surface area contributed by atoms with Crippen LogP contribution in [0.3, 0.4) is 0 Å². The van der Waals surface area contributed by atoms with E-state index in [1.165, 1.54) is 0 Å². The molecule has 0 unspecified atom stereocenters. The SMILES string of the molecule is C=C(C)CNC(N)=NCc1ccc(OCCO)c(OC)c1.I. The Labute approximate surface area is 148 Å². The van der Waals surface area contributed by atoms with Gasteiger partial charge in [-0.3, -0.25) is 0 Å². The second kappa shape index (κ2) is 11.1. The average molecular weight is 421 g/mol. The summed E-state index contributed by atoms with van der Waals surface area (Å²) in [4.78, 5) is 4.24. The van der Waals surface area contributed by atoms with Gasteiger partial charge in [0.1, 0.15) is 6.61 Å². The molecule has 0 bridgehead atoms. The summed E-state index contributed by atoms with van der Waals surface area (Å²) >= 11 is 0. The van der Waals surface area contributed by atoms with Crippen molar-refractivity contribution in [2.45, 2.75) is 13.5 Å². The van der Waals surface area contributed by atoms with Gasteiger partial charge in [-0.2, -0.15) is 0 Å². The van der Waals surface area contributed by atoms with Gasteiger partial charge in [0.2, 0.25) is 0 Å². The highest BCUT2D eigenvalue weighted by Gasteiger charge is 2.05. The minimum atomic E-state index is -0.0415. The van der Waals surface area contributed by atoms with Gasteiger partial charge < -0.3 is 25.6 Å². The molecule has 6 nitrogen and oxygen atoms in total. The third-order valence-electron chi connectivity index (χ3n) is 2.58. The van der Waals surface area contributed by atoms with E-state index in [1.54, 1.807) is 13.2 Å². The summed E-state index contributed by atoms with van der Waals surface area (Å²) < 4.78 is 10.6. The molecule has 0 fully saturated rings. The lowest BCUT2D eigenvalue weighted by Crippen LogP contribution is -2.32. The van der Waals surface area contributed by atoms with Crippen molar-refractivity contribution in [1.82, 2.24) is 5.32 Å². The summed E-state index contributed by atoms with van der Waals surface area (Å²) in [6.07, 6.45) is 0. The summed E-state index contributed by atoms with van der Waals surface area (Å²) in [5.74, 6) is 1.56. The molecule has 0 atom stereocenters. The first-order valence-corrected chi connectivity index (χ1v) is 6.65. The smallest absolute Gasteiger partial charge is 0.189 e. The Morgan fingerprint density at radius 3 is 2.73 bits per heavy atom. The number of aliphatic imine (C=N–C) groups is 1. The van der Waals surface area contributed by atoms with E-state index in [2.05, 4.69) is 16.9 Å². The predicted octanol–water partition coefficient (Wildman–Crippen LogP) is 1.66. The van der Waals surface area contributed by atoms with Gasteiger partial charge in [-0.25, -0.2) is 4.99 Å². The van der Waals surface area contributed by atoms with Crippen molar-refractivity contribution in [2.75, 3.05) is 26.9 Å². The number of ether oxygens (including phenoxy) is 2. The molecule has 0 heterocycles. The molecule has 0 aliphatic heterocycles. The summed E-state index contributed by atoms with van der Waals surface area (Å²) in [7, 11) is 1.57. The number of aliphatic hydroxyl groups is 1. The normalized spacial score (nSPS) is 10.6. The Hall–Kier alpha value is -1.48. The number of halogens is 1. The first-order valence-electron chi connectivity index (χ1n) is 6.65. The van der Waals surface area contributed by atoms with E-state index in [1.807, 2.05) is 19.1 Å². The van der Waals surface area contributed by atoms with Crippen LogP contribution in [0.2, 0.25) is 0 Å². The molecule has 0 radical (unpaired) electrons. The number of nitrogens with zero attached hydrogens (tertiary/aromatic N) is 1. The Bertz CT molecular complexity index is 507. The number of methoxy groups -OCH3 is 1. The maximum Gasteiger partial charge on any atom is 0.189 e. The van der Waals surface area contributed by atoms with Crippen molar-refractivity contribution in [2.24, 2.45) is 10.7 Å². The van der Waals surface area contributed by atoms with Gasteiger partial charge in [0.25, 0.3) is 0 Å². The Morgan fingerprint density at radius 2 is 2.14 bits per heavy atom. The van der Waals surface area contributed by atoms with Crippen LogP contribution in [-0.2, 0) is 6.54 Å². The number of benzene rings is 1. The van der Waals surface area contributed by atoms with Gasteiger partial charge in [-0.05, 0) is 24.6 Å². The molecule has 0 aliphatic rings. The van der Waals surface area contributed by atoms with Gasteiger partial charge in [-0.1, -0.05) is 18.2 Å². The zero-order valence-corrected chi connectivity index (χ0v) is 15.3. The largest absolute Gasteiger partial charge is 0.493 e. The lowest BCUT2D eigenvalue weighted by molar-refractivity contribution is 0.196. The molecule has 7 heteroatoms. The van der Waals surface area contributed by atoms with Gasteiger partial charge in [0.15, 0.2) is 17.5 Å². The van der Waals surface area contributed by atoms with Crippen molar-refractivity contribution in [3.63, 3.8) is 0 Å². The third-order valence-corrected chi connectivity index (χ3v) is 2.58. The van der Waals surface area contributed by atoms with Gasteiger partial charge in [0.05, 0.1) is 20.3 Å². The van der Waals surface area contributed by atoms with Crippen LogP contribution in [0, 0.1) is 0 Å². The molecule has 0 aromatic heterocycles. The molecule has 22 heavy (non-hydrogen) atoms. The molecule has 0 saturated heterocycles. The zero-order valence-electron chi connectivity index (χ0n) is 13.0. The van der Waals surface area contributed by atoms with E-state index in [0.717, 1.165) is 11.1 Å². The van der Waals surface area contributed by atoms with Crippen LogP contribution >= 0.6 is 24.0 Å². The maximum absolute atomic E-state index is 8.77. The molecule has 0 saturated carbocycles. The van der Waals surface area contributed by atoms with Crippen molar-refractivity contribution >= 4 is 29.9 Å². The summed E-state index contributed by atoms with van der Waals surface area (Å²) in [5, 5.41) is 11.7. The van der Waals surface area contributed by atoms with Crippen LogP contribution < -0.4 is 20.5 Å². The Kier molecular flexibility index (Phi) is 10.4. The van der Waals surface area contributed by atoms with Crippen molar-refractivity contribution in [3.05, 3.63) is 35.9 Å². The second-order valence-corrected chi connectivity index (χ2v) is 4.57. The molecule has 0 spiro atoms. The quantitative estimate of drug-likeness (QED) is 0.257. The van der Waals surface area contributed by atoms with Gasteiger partial charge >= 0.3 is 0 Å². The monoisotopic (exact) mass is 421 g/mol. The van der Waals surface area contributed by atoms with E-state index < -0.39 is 0 Å². The lowest BCUT2D eigenvalue weighted by Gasteiger charge is -2.11. The molecule has 124 valence electrons. The second-order valence-electron chi connectivity index (χ2n) is 4.57. The van der Waals surface area contributed by atoms with E-state index in [-0.39, 0.29) is 37.2 Å². The summed E-state index contributed by atoms with van der Waals surface area (Å²) in [6.45, 7) is 6.92. The molecule has 4 N–H and O–H groups in total. The lowest BCUT2D eigenvalue weighted by atomic mass is 10.2. The number of hydrogen-bond acceptors (Lipinski definition) is 4. The molecular weight excluding hydrogens is 397 g/mol. The first-order chi connectivity index (χ1) is 10.1. The number of nitrogens with two attached hydrogens (primary N) is 1. The van der Waals surface area contributed by atoms with E-state index in [0.29, 0.717) is 30.5 Å². The highest BCUT2D eigenvalue weighted by Crippen LogP contribution is 2.28. The first kappa shape index (κ1) is 20.5. The number of guanidine groups is 1. The van der Waals surface area contributed by atoms with E-state index in [4.69, 9.17) is 20.3 Å². The Morgan fingerprint density at radius 1 is 1.41 bits per heavy atom. The predicted molar refractivity (Wildman–Crippen MR) is 99.1 cm³/mol. The van der Waals surface area contributed by atoms with Crippen LogP contribution in [-0.4, -0.2) is 37.9 Å². The molecule has 1 aromatic rings. The molecule has 1 aromatic carbocycles. The van der Waals surface area contributed by atoms with Crippen LogP contribution in [0.5, 0.6) is 11.5 Å². The third kappa shape index (κ3) is 7.51. The fourth-order valence-electron chi connectivity index (χ4n) is 1.56. The van der Waals surface area contributed by atoms with Crippen LogP contribution in [0.15, 0.2) is 35.3 Å². The highest BCUT2D eigenvalue weighted by molar-refractivity contribution is 14.0.